The first-order valence-electron chi connectivity index (χ1n) is 4.86. The highest BCUT2D eigenvalue weighted by Crippen LogP contribution is 2.27. The number of rotatable bonds is 2. The van der Waals surface area contributed by atoms with Gasteiger partial charge in [-0.05, 0) is 41.9 Å². The first kappa shape index (κ1) is 11.3. The van der Waals surface area contributed by atoms with Gasteiger partial charge in [0.2, 0.25) is 0 Å². The van der Waals surface area contributed by atoms with E-state index < -0.39 is 5.54 Å². The van der Waals surface area contributed by atoms with Crippen molar-refractivity contribution in [3.8, 4) is 11.5 Å². The molecule has 16 heavy (non-hydrogen) atoms. The zero-order valence-electron chi connectivity index (χ0n) is 9.07. The van der Waals surface area contributed by atoms with Crippen LogP contribution in [0.3, 0.4) is 0 Å². The van der Waals surface area contributed by atoms with Crippen LogP contribution < -0.4 is 5.73 Å². The molecule has 0 radical (unpaired) electrons. The van der Waals surface area contributed by atoms with Crippen molar-refractivity contribution in [1.82, 2.24) is 10.1 Å². The largest absolute Gasteiger partial charge is 0.334 e. The summed E-state index contributed by atoms with van der Waals surface area (Å²) in [5.41, 5.74) is 6.16. The lowest BCUT2D eigenvalue weighted by atomic mass is 10.1. The van der Waals surface area contributed by atoms with Crippen LogP contribution in [0.4, 0.5) is 0 Å². The van der Waals surface area contributed by atoms with Crippen molar-refractivity contribution in [2.45, 2.75) is 19.4 Å². The quantitative estimate of drug-likeness (QED) is 0.919. The van der Waals surface area contributed by atoms with Crippen molar-refractivity contribution in [2.75, 3.05) is 0 Å². The van der Waals surface area contributed by atoms with Crippen molar-refractivity contribution >= 4 is 15.9 Å². The Morgan fingerprint density at radius 1 is 1.31 bits per heavy atom. The summed E-state index contributed by atoms with van der Waals surface area (Å²) in [4.78, 5) is 4.28. The number of nitrogens with two attached hydrogens (primary N) is 1. The molecule has 0 saturated carbocycles. The highest BCUT2D eigenvalue weighted by Gasteiger charge is 2.22. The van der Waals surface area contributed by atoms with Gasteiger partial charge in [0.25, 0.3) is 5.89 Å². The third-order valence-electron chi connectivity index (χ3n) is 2.11. The number of aromatic nitrogens is 2. The average molecular weight is 282 g/mol. The summed E-state index contributed by atoms with van der Waals surface area (Å²) in [6.07, 6.45) is 0. The summed E-state index contributed by atoms with van der Waals surface area (Å²) < 4.78 is 6.10. The lowest BCUT2D eigenvalue weighted by Gasteiger charge is -2.11. The second kappa shape index (κ2) is 3.99. The summed E-state index contributed by atoms with van der Waals surface area (Å²) >= 11 is 3.43. The fraction of sp³-hybridized carbons (Fsp3) is 0.273. The van der Waals surface area contributed by atoms with E-state index in [4.69, 9.17) is 10.3 Å². The van der Waals surface area contributed by atoms with Crippen molar-refractivity contribution in [1.29, 1.82) is 0 Å². The minimum Gasteiger partial charge on any atom is -0.334 e. The molecule has 0 unspecified atom stereocenters. The minimum absolute atomic E-state index is 0.473. The highest BCUT2D eigenvalue weighted by molar-refractivity contribution is 9.10. The molecule has 0 atom stereocenters. The zero-order valence-corrected chi connectivity index (χ0v) is 10.7. The SMILES string of the molecule is CC(C)(N)c1noc(-c2ccccc2Br)n1. The van der Waals surface area contributed by atoms with Gasteiger partial charge in [0.1, 0.15) is 0 Å². The number of nitrogens with zero attached hydrogens (tertiary/aromatic N) is 2. The van der Waals surface area contributed by atoms with Crippen molar-refractivity contribution < 1.29 is 4.52 Å². The van der Waals surface area contributed by atoms with E-state index in [2.05, 4.69) is 26.1 Å². The molecule has 2 N–H and O–H groups in total. The van der Waals surface area contributed by atoms with Crippen LogP contribution >= 0.6 is 15.9 Å². The van der Waals surface area contributed by atoms with Gasteiger partial charge in [0.15, 0.2) is 5.82 Å². The maximum Gasteiger partial charge on any atom is 0.259 e. The predicted molar refractivity (Wildman–Crippen MR) is 64.6 cm³/mol. The summed E-state index contributed by atoms with van der Waals surface area (Å²) in [6, 6.07) is 7.67. The summed E-state index contributed by atoms with van der Waals surface area (Å²) in [5.74, 6) is 0.972. The molecular formula is C11H12BrN3O. The van der Waals surface area contributed by atoms with Crippen LogP contribution in [0, 0.1) is 0 Å². The maximum atomic E-state index is 5.89. The Labute approximate surface area is 102 Å². The molecule has 1 aromatic carbocycles. The lowest BCUT2D eigenvalue weighted by molar-refractivity contribution is 0.397. The van der Waals surface area contributed by atoms with Crippen LogP contribution in [0.25, 0.3) is 11.5 Å². The topological polar surface area (TPSA) is 64.9 Å². The van der Waals surface area contributed by atoms with Crippen molar-refractivity contribution in [3.63, 3.8) is 0 Å². The van der Waals surface area contributed by atoms with E-state index >= 15 is 0 Å². The van der Waals surface area contributed by atoms with Crippen LogP contribution in [0.2, 0.25) is 0 Å². The molecule has 2 aromatic rings. The van der Waals surface area contributed by atoms with E-state index in [1.165, 1.54) is 0 Å². The van der Waals surface area contributed by atoms with Gasteiger partial charge >= 0.3 is 0 Å². The summed E-state index contributed by atoms with van der Waals surface area (Å²) in [6.45, 7) is 3.67. The van der Waals surface area contributed by atoms with Gasteiger partial charge in [-0.3, -0.25) is 0 Å². The van der Waals surface area contributed by atoms with Crippen LogP contribution in [-0.2, 0) is 5.54 Å². The zero-order chi connectivity index (χ0) is 11.8. The maximum absolute atomic E-state index is 5.89. The van der Waals surface area contributed by atoms with Crippen LogP contribution in [0.15, 0.2) is 33.3 Å². The fourth-order valence-corrected chi connectivity index (χ4v) is 1.68. The Hall–Kier alpha value is -1.20. The minimum atomic E-state index is -0.594. The molecule has 0 bridgehead atoms. The molecule has 0 aliphatic heterocycles. The third kappa shape index (κ3) is 2.15. The lowest BCUT2D eigenvalue weighted by Crippen LogP contribution is -2.30. The number of hydrogen-bond acceptors (Lipinski definition) is 4. The smallest absolute Gasteiger partial charge is 0.259 e. The molecule has 5 heteroatoms. The van der Waals surface area contributed by atoms with Crippen LogP contribution in [0.5, 0.6) is 0 Å². The molecule has 1 heterocycles. The second-order valence-corrected chi connectivity index (χ2v) is 4.98. The fourth-order valence-electron chi connectivity index (χ4n) is 1.23. The van der Waals surface area contributed by atoms with Crippen molar-refractivity contribution in [2.24, 2.45) is 5.73 Å². The molecule has 0 aliphatic carbocycles. The summed E-state index contributed by atoms with van der Waals surface area (Å²) in [7, 11) is 0. The van der Waals surface area contributed by atoms with Gasteiger partial charge in [-0.25, -0.2) is 0 Å². The Balaban J connectivity index is 2.44. The summed E-state index contributed by atoms with van der Waals surface area (Å²) in [5, 5.41) is 3.87. The van der Waals surface area contributed by atoms with Crippen LogP contribution in [0.1, 0.15) is 19.7 Å². The first-order chi connectivity index (χ1) is 7.48. The standard InChI is InChI=1S/C11H12BrN3O/c1-11(2,13)10-14-9(16-15-10)7-5-3-4-6-8(7)12/h3-6H,13H2,1-2H3. The van der Waals surface area contributed by atoms with Crippen LogP contribution in [-0.4, -0.2) is 10.1 Å². The average Bonchev–Trinajstić information content (AvgIpc) is 2.66. The monoisotopic (exact) mass is 281 g/mol. The molecule has 0 amide bonds. The molecule has 1 aromatic heterocycles. The molecule has 4 nitrogen and oxygen atoms in total. The van der Waals surface area contributed by atoms with E-state index in [0.29, 0.717) is 11.7 Å². The normalized spacial score (nSPS) is 11.8. The molecule has 0 spiro atoms. The molecular weight excluding hydrogens is 270 g/mol. The van der Waals surface area contributed by atoms with Gasteiger partial charge in [0, 0.05) is 4.47 Å². The van der Waals surface area contributed by atoms with Gasteiger partial charge in [-0.2, -0.15) is 4.98 Å². The van der Waals surface area contributed by atoms with Crippen molar-refractivity contribution in [3.05, 3.63) is 34.6 Å². The van der Waals surface area contributed by atoms with Gasteiger partial charge in [-0.15, -0.1) is 0 Å². The third-order valence-corrected chi connectivity index (χ3v) is 2.80. The number of halogens is 1. The number of hydrogen-bond donors (Lipinski definition) is 1. The molecule has 0 saturated heterocycles. The number of benzene rings is 1. The van der Waals surface area contributed by atoms with E-state index in [1.807, 2.05) is 38.1 Å². The van der Waals surface area contributed by atoms with E-state index in [1.54, 1.807) is 0 Å². The van der Waals surface area contributed by atoms with Gasteiger partial charge in [-0.1, -0.05) is 17.3 Å². The highest BCUT2D eigenvalue weighted by atomic mass is 79.9. The predicted octanol–water partition coefficient (Wildman–Crippen LogP) is 2.69. The molecule has 2 rings (SSSR count). The molecule has 84 valence electrons. The molecule has 0 fully saturated rings. The van der Waals surface area contributed by atoms with E-state index in [9.17, 15) is 0 Å². The Morgan fingerprint density at radius 3 is 2.56 bits per heavy atom. The Morgan fingerprint density at radius 2 is 2.00 bits per heavy atom. The Bertz CT molecular complexity index is 502. The van der Waals surface area contributed by atoms with E-state index in [-0.39, 0.29) is 0 Å². The van der Waals surface area contributed by atoms with Gasteiger partial charge in [0.05, 0.1) is 11.1 Å². The second-order valence-electron chi connectivity index (χ2n) is 4.12. The van der Waals surface area contributed by atoms with Gasteiger partial charge < -0.3 is 10.3 Å². The molecule has 0 aliphatic rings. The van der Waals surface area contributed by atoms with E-state index in [0.717, 1.165) is 10.0 Å². The first-order valence-corrected chi connectivity index (χ1v) is 5.66. The Kier molecular flexibility index (Phi) is 2.82.